The van der Waals surface area contributed by atoms with Crippen molar-refractivity contribution in [3.8, 4) is 11.5 Å². The highest BCUT2D eigenvalue weighted by Gasteiger charge is 2.31. The third-order valence-corrected chi connectivity index (χ3v) is 7.72. The van der Waals surface area contributed by atoms with Gasteiger partial charge in [0.25, 0.3) is 0 Å². The molecule has 2 aliphatic carbocycles. The molecule has 0 spiro atoms. The smallest absolute Gasteiger partial charge is 0.187 e. The van der Waals surface area contributed by atoms with Crippen LogP contribution in [0.2, 0.25) is 5.02 Å². The van der Waals surface area contributed by atoms with E-state index in [1.54, 1.807) is 12.1 Å². The Labute approximate surface area is 181 Å². The lowest BCUT2D eigenvalue weighted by Crippen LogP contribution is -2.27. The van der Waals surface area contributed by atoms with E-state index in [0.29, 0.717) is 18.3 Å². The predicted molar refractivity (Wildman–Crippen MR) is 118 cm³/mol. The van der Waals surface area contributed by atoms with Crippen molar-refractivity contribution in [2.45, 2.75) is 84.0 Å². The number of rotatable bonds is 9. The summed E-state index contributed by atoms with van der Waals surface area (Å²) in [4.78, 5) is 0. The van der Waals surface area contributed by atoms with Crippen molar-refractivity contribution in [3.63, 3.8) is 0 Å². The molecule has 0 bridgehead atoms. The summed E-state index contributed by atoms with van der Waals surface area (Å²) in [5, 5.41) is 0.0220. The van der Waals surface area contributed by atoms with Crippen molar-refractivity contribution < 1.29 is 13.9 Å². The second-order valence-electron chi connectivity index (χ2n) is 9.26. The van der Waals surface area contributed by atoms with Crippen LogP contribution in [-0.2, 0) is 0 Å². The van der Waals surface area contributed by atoms with Crippen LogP contribution in [0, 0.1) is 29.5 Å². The lowest BCUT2D eigenvalue weighted by molar-refractivity contribution is 0.121. The van der Waals surface area contributed by atoms with E-state index in [9.17, 15) is 4.39 Å². The summed E-state index contributed by atoms with van der Waals surface area (Å²) >= 11 is 6.09. The standard InChI is InChI=1S/C25H38ClFO2/c1-3-4-5-6-18-7-11-20(12-8-18)21-13-9-19(10-14-21)17-29-22-15-16-23(28-2)25(27)24(22)26/h15-16,18-21H,3-14,17H2,1-2H3. The summed E-state index contributed by atoms with van der Waals surface area (Å²) in [5.41, 5.74) is 0. The molecule has 2 nitrogen and oxygen atoms in total. The van der Waals surface area contributed by atoms with E-state index >= 15 is 0 Å². The van der Waals surface area contributed by atoms with Crippen LogP contribution >= 0.6 is 11.6 Å². The fourth-order valence-electron chi connectivity index (χ4n) is 5.45. The van der Waals surface area contributed by atoms with Crippen LogP contribution in [0.5, 0.6) is 11.5 Å². The number of hydrogen-bond donors (Lipinski definition) is 0. The Kier molecular flexibility index (Phi) is 8.96. The molecule has 2 saturated carbocycles. The fourth-order valence-corrected chi connectivity index (χ4v) is 5.66. The highest BCUT2D eigenvalue weighted by Crippen LogP contribution is 2.42. The number of unbranched alkanes of at least 4 members (excludes halogenated alkanes) is 2. The topological polar surface area (TPSA) is 18.5 Å². The van der Waals surface area contributed by atoms with Crippen molar-refractivity contribution in [3.05, 3.63) is 23.0 Å². The SMILES string of the molecule is CCCCCC1CCC(C2CCC(COc3ccc(OC)c(F)c3Cl)CC2)CC1. The quantitative estimate of drug-likeness (QED) is 0.373. The minimum atomic E-state index is -0.541. The maximum atomic E-state index is 14.1. The van der Waals surface area contributed by atoms with E-state index in [0.717, 1.165) is 17.8 Å². The minimum Gasteiger partial charge on any atom is -0.494 e. The van der Waals surface area contributed by atoms with E-state index < -0.39 is 5.82 Å². The average Bonchev–Trinajstić information content (AvgIpc) is 2.76. The second-order valence-corrected chi connectivity index (χ2v) is 9.64. The molecule has 0 aromatic heterocycles. The van der Waals surface area contributed by atoms with E-state index in [4.69, 9.17) is 21.1 Å². The van der Waals surface area contributed by atoms with Crippen molar-refractivity contribution in [1.82, 2.24) is 0 Å². The Morgan fingerprint density at radius 1 is 0.897 bits per heavy atom. The van der Waals surface area contributed by atoms with Crippen molar-refractivity contribution in [1.29, 1.82) is 0 Å². The van der Waals surface area contributed by atoms with Gasteiger partial charge in [-0.3, -0.25) is 0 Å². The van der Waals surface area contributed by atoms with Crippen LogP contribution in [0.15, 0.2) is 12.1 Å². The van der Waals surface area contributed by atoms with Crippen molar-refractivity contribution in [2.75, 3.05) is 13.7 Å². The lowest BCUT2D eigenvalue weighted by atomic mass is 9.69. The molecule has 0 heterocycles. The molecule has 0 unspecified atom stereocenters. The summed E-state index contributed by atoms with van der Waals surface area (Å²) in [6.07, 6.45) is 16.5. The van der Waals surface area contributed by atoms with Gasteiger partial charge in [0.15, 0.2) is 11.6 Å². The number of halogens is 2. The van der Waals surface area contributed by atoms with Gasteiger partial charge in [-0.2, -0.15) is 0 Å². The minimum absolute atomic E-state index is 0.0220. The predicted octanol–water partition coefficient (Wildman–Crippen LogP) is 8.06. The number of hydrogen-bond acceptors (Lipinski definition) is 2. The van der Waals surface area contributed by atoms with E-state index in [1.807, 2.05) is 0 Å². The zero-order chi connectivity index (χ0) is 20.6. The van der Waals surface area contributed by atoms with E-state index in [-0.39, 0.29) is 10.8 Å². The largest absolute Gasteiger partial charge is 0.494 e. The summed E-state index contributed by atoms with van der Waals surface area (Å²) in [6, 6.07) is 3.28. The zero-order valence-corrected chi connectivity index (χ0v) is 19.0. The molecule has 164 valence electrons. The summed E-state index contributed by atoms with van der Waals surface area (Å²) in [6.45, 7) is 2.92. The molecular formula is C25H38ClFO2. The third kappa shape index (κ3) is 6.26. The monoisotopic (exact) mass is 424 g/mol. The van der Waals surface area contributed by atoms with Crippen molar-refractivity contribution >= 4 is 11.6 Å². The molecule has 0 radical (unpaired) electrons. The first-order valence-electron chi connectivity index (χ1n) is 11.8. The summed E-state index contributed by atoms with van der Waals surface area (Å²) < 4.78 is 24.9. The van der Waals surface area contributed by atoms with Gasteiger partial charge < -0.3 is 9.47 Å². The van der Waals surface area contributed by atoms with Gasteiger partial charge in [-0.1, -0.05) is 57.0 Å². The maximum Gasteiger partial charge on any atom is 0.187 e. The second kappa shape index (κ2) is 11.4. The van der Waals surface area contributed by atoms with Gasteiger partial charge in [-0.15, -0.1) is 0 Å². The Morgan fingerprint density at radius 3 is 2.07 bits per heavy atom. The normalized spacial score (nSPS) is 27.6. The van der Waals surface area contributed by atoms with Crippen LogP contribution in [0.3, 0.4) is 0 Å². The van der Waals surface area contributed by atoms with Gasteiger partial charge in [0, 0.05) is 0 Å². The highest BCUT2D eigenvalue weighted by molar-refractivity contribution is 6.32. The molecule has 3 rings (SSSR count). The molecule has 29 heavy (non-hydrogen) atoms. The van der Waals surface area contributed by atoms with Gasteiger partial charge in [0.1, 0.15) is 10.8 Å². The molecule has 2 aliphatic rings. The lowest BCUT2D eigenvalue weighted by Gasteiger charge is -2.38. The van der Waals surface area contributed by atoms with Gasteiger partial charge in [-0.25, -0.2) is 4.39 Å². The Morgan fingerprint density at radius 2 is 1.48 bits per heavy atom. The Bertz CT molecular complexity index is 619. The molecule has 0 saturated heterocycles. The van der Waals surface area contributed by atoms with E-state index in [2.05, 4.69) is 6.92 Å². The van der Waals surface area contributed by atoms with Gasteiger partial charge >= 0.3 is 0 Å². The van der Waals surface area contributed by atoms with Crippen LogP contribution in [0.4, 0.5) is 4.39 Å². The first-order chi connectivity index (χ1) is 14.1. The van der Waals surface area contributed by atoms with Gasteiger partial charge in [0.05, 0.1) is 13.7 Å². The number of benzene rings is 1. The molecule has 2 fully saturated rings. The summed E-state index contributed by atoms with van der Waals surface area (Å²) in [5.74, 6) is 3.45. The van der Waals surface area contributed by atoms with E-state index in [1.165, 1.54) is 84.2 Å². The molecule has 0 amide bonds. The Hall–Kier alpha value is -0.960. The number of methoxy groups -OCH3 is 1. The van der Waals surface area contributed by atoms with Crippen LogP contribution in [-0.4, -0.2) is 13.7 Å². The molecule has 1 aromatic carbocycles. The van der Waals surface area contributed by atoms with Gasteiger partial charge in [0.2, 0.25) is 0 Å². The van der Waals surface area contributed by atoms with Crippen LogP contribution in [0.25, 0.3) is 0 Å². The molecule has 0 atom stereocenters. The van der Waals surface area contributed by atoms with Crippen LogP contribution < -0.4 is 9.47 Å². The van der Waals surface area contributed by atoms with Gasteiger partial charge in [-0.05, 0) is 74.3 Å². The molecule has 0 aliphatic heterocycles. The molecule has 4 heteroatoms. The average molecular weight is 425 g/mol. The highest BCUT2D eigenvalue weighted by atomic mass is 35.5. The maximum absolute atomic E-state index is 14.1. The fraction of sp³-hybridized carbons (Fsp3) is 0.760. The number of ether oxygens (including phenoxy) is 2. The Balaban J connectivity index is 1.37. The summed E-state index contributed by atoms with van der Waals surface area (Å²) in [7, 11) is 1.44. The first kappa shape index (κ1) is 22.7. The molecule has 0 N–H and O–H groups in total. The zero-order valence-electron chi connectivity index (χ0n) is 18.2. The third-order valence-electron chi connectivity index (χ3n) is 7.37. The van der Waals surface area contributed by atoms with Crippen molar-refractivity contribution in [2.24, 2.45) is 23.7 Å². The first-order valence-corrected chi connectivity index (χ1v) is 12.1. The molecule has 1 aromatic rings. The van der Waals surface area contributed by atoms with Crippen LogP contribution in [0.1, 0.15) is 84.0 Å². The molecular weight excluding hydrogens is 387 g/mol.